The first-order valence-corrected chi connectivity index (χ1v) is 7.83. The number of ether oxygens (including phenoxy) is 1. The molecule has 1 saturated heterocycles. The van der Waals surface area contributed by atoms with Crippen LogP contribution in [0.15, 0.2) is 17.1 Å². The van der Waals surface area contributed by atoms with E-state index in [2.05, 4.69) is 4.98 Å². The first-order chi connectivity index (χ1) is 10.5. The average Bonchev–Trinajstić information content (AvgIpc) is 2.68. The van der Waals surface area contributed by atoms with Crippen LogP contribution in [0.3, 0.4) is 0 Å². The van der Waals surface area contributed by atoms with Gasteiger partial charge in [-0.3, -0.25) is 4.57 Å². The fourth-order valence-corrected chi connectivity index (χ4v) is 1.90. The van der Waals surface area contributed by atoms with Crippen LogP contribution >= 0.6 is 7.82 Å². The topological polar surface area (TPSA) is 209 Å². The Balaban J connectivity index is 0. The molecule has 8 N–H and O–H groups in total. The molecule has 1 aliphatic rings. The van der Waals surface area contributed by atoms with E-state index in [9.17, 15) is 15.0 Å². The predicted molar refractivity (Wildman–Crippen MR) is 76.0 cm³/mol. The maximum atomic E-state index is 11.5. The van der Waals surface area contributed by atoms with Gasteiger partial charge in [-0.2, -0.15) is 4.98 Å². The zero-order valence-electron chi connectivity index (χ0n) is 13.7. The first kappa shape index (κ1) is 24.3. The van der Waals surface area contributed by atoms with Gasteiger partial charge in [-0.25, -0.2) is 9.36 Å². The van der Waals surface area contributed by atoms with Crippen LogP contribution in [0, 0.1) is 0 Å². The normalized spacial score (nSPS) is 26.2. The van der Waals surface area contributed by atoms with E-state index in [-0.39, 0.29) is 65.2 Å². The minimum absolute atomic E-state index is 0. The van der Waals surface area contributed by atoms with Crippen LogP contribution in [0.1, 0.15) is 1.43 Å². The number of rotatable bonds is 3. The van der Waals surface area contributed by atoms with Crippen LogP contribution in [0.25, 0.3) is 0 Å². The summed E-state index contributed by atoms with van der Waals surface area (Å²) in [6.45, 7) is -0.371. The minimum atomic E-state index is -4.64. The number of aliphatic hydroxyl groups is 3. The van der Waals surface area contributed by atoms with Gasteiger partial charge in [-0.05, 0) is 6.07 Å². The van der Waals surface area contributed by atoms with Gasteiger partial charge in [-0.1, -0.05) is 0 Å². The third-order valence-electron chi connectivity index (χ3n) is 2.91. The third kappa shape index (κ3) is 8.10. The van der Waals surface area contributed by atoms with Gasteiger partial charge >= 0.3 is 64.9 Å². The van der Waals surface area contributed by atoms with Crippen LogP contribution < -0.4 is 62.8 Å². The fraction of sp³-hybridized carbons (Fsp3) is 0.600. The quantitative estimate of drug-likeness (QED) is 0.189. The molecule has 0 aliphatic carbocycles. The van der Waals surface area contributed by atoms with Gasteiger partial charge in [0, 0.05) is 6.20 Å². The molecule has 1 aromatic rings. The molecule has 24 heavy (non-hydrogen) atoms. The molecule has 1 fully saturated rings. The van der Waals surface area contributed by atoms with Crippen molar-refractivity contribution in [2.75, 3.05) is 12.3 Å². The van der Waals surface area contributed by atoms with Crippen LogP contribution in [-0.4, -0.2) is 70.6 Å². The molecule has 1 aliphatic heterocycles. The Kier molecular flexibility index (Phi) is 10.5. The van der Waals surface area contributed by atoms with Crippen molar-refractivity contribution in [1.82, 2.24) is 9.55 Å². The molecule has 134 valence electrons. The Morgan fingerprint density at radius 1 is 1.29 bits per heavy atom. The maximum absolute atomic E-state index is 11.5. The molecule has 4 atom stereocenters. The second-order valence-corrected chi connectivity index (χ2v) is 5.70. The molecular weight excluding hydrogens is 376 g/mol. The SMILES string of the molecule is Nc1ccn(C[C@@H]2O[C@H](CO)[C@@H](O)[C@H]2O)c(=O)n1.O=P(O)(O)O.[H-].[K+]. The number of nitrogen functional groups attached to an aromatic ring is 1. The van der Waals surface area contributed by atoms with E-state index >= 15 is 0 Å². The number of aliphatic hydroxyl groups excluding tert-OH is 3. The number of nitrogens with two attached hydrogens (primary N) is 1. The number of phosphoric acid groups is 1. The van der Waals surface area contributed by atoms with Gasteiger partial charge in [0.1, 0.15) is 30.2 Å². The largest absolute Gasteiger partial charge is 1.00 e. The molecule has 1 aromatic heterocycles. The molecular formula is C10H19KN3O9P. The van der Waals surface area contributed by atoms with Crippen molar-refractivity contribution >= 4 is 13.6 Å². The Labute approximate surface area is 180 Å². The van der Waals surface area contributed by atoms with Crippen LogP contribution in [0.5, 0.6) is 0 Å². The van der Waals surface area contributed by atoms with E-state index in [0.717, 1.165) is 0 Å². The van der Waals surface area contributed by atoms with Crippen molar-refractivity contribution in [2.45, 2.75) is 31.0 Å². The number of aromatic nitrogens is 2. The van der Waals surface area contributed by atoms with Crippen molar-refractivity contribution in [2.24, 2.45) is 0 Å². The molecule has 2 heterocycles. The van der Waals surface area contributed by atoms with E-state index in [4.69, 9.17) is 34.8 Å². The summed E-state index contributed by atoms with van der Waals surface area (Å²) in [4.78, 5) is 36.6. The minimum Gasteiger partial charge on any atom is -1.00 e. The molecule has 0 aromatic carbocycles. The molecule has 2 rings (SSSR count). The third-order valence-corrected chi connectivity index (χ3v) is 2.91. The smallest absolute Gasteiger partial charge is 1.00 e. The van der Waals surface area contributed by atoms with Gasteiger partial charge in [0.05, 0.1) is 13.2 Å². The van der Waals surface area contributed by atoms with E-state index in [1.165, 1.54) is 16.8 Å². The van der Waals surface area contributed by atoms with E-state index < -0.39 is 44.5 Å². The van der Waals surface area contributed by atoms with Gasteiger partial charge in [0.25, 0.3) is 0 Å². The standard InChI is InChI=1S/C10H15N3O5.K.H3O4P.H/c11-7-1-2-13(10(17)12-7)3-5-8(15)9(16)6(4-14)18-5;;1-5(2,3)4;/h1-2,5-6,8-9,14-16H,3-4H2,(H2,11,12,17);;(H3,1,2,3,4);/q;+1;;-1/t5-,6+,8-,9+;;;/m0.../s1. The summed E-state index contributed by atoms with van der Waals surface area (Å²) in [6.07, 6.45) is -2.52. The summed E-state index contributed by atoms with van der Waals surface area (Å²) in [5.74, 6) is 0.109. The number of hydrogen-bond donors (Lipinski definition) is 7. The summed E-state index contributed by atoms with van der Waals surface area (Å²) < 4.78 is 15.4. The average molecular weight is 395 g/mol. The van der Waals surface area contributed by atoms with Gasteiger partial charge in [-0.15, -0.1) is 0 Å². The van der Waals surface area contributed by atoms with Crippen molar-refractivity contribution < 1.29 is 92.1 Å². The van der Waals surface area contributed by atoms with Crippen molar-refractivity contribution in [3.63, 3.8) is 0 Å². The zero-order chi connectivity index (χ0) is 17.8. The molecule has 0 saturated carbocycles. The number of anilines is 1. The van der Waals surface area contributed by atoms with Crippen molar-refractivity contribution in [1.29, 1.82) is 0 Å². The number of hydrogen-bond acceptors (Lipinski definition) is 8. The van der Waals surface area contributed by atoms with Crippen molar-refractivity contribution in [3.8, 4) is 0 Å². The summed E-state index contributed by atoms with van der Waals surface area (Å²) in [5.41, 5.74) is 4.79. The van der Waals surface area contributed by atoms with Gasteiger partial charge in [0.15, 0.2) is 0 Å². The van der Waals surface area contributed by atoms with Gasteiger partial charge in [0.2, 0.25) is 0 Å². The summed E-state index contributed by atoms with van der Waals surface area (Å²) in [6, 6.07) is 1.45. The molecule has 0 unspecified atom stereocenters. The van der Waals surface area contributed by atoms with Crippen LogP contribution in [-0.2, 0) is 15.8 Å². The summed E-state index contributed by atoms with van der Waals surface area (Å²) in [7, 11) is -4.64. The predicted octanol–water partition coefficient (Wildman–Crippen LogP) is -6.51. The zero-order valence-corrected chi connectivity index (χ0v) is 16.7. The Morgan fingerprint density at radius 3 is 2.21 bits per heavy atom. The molecule has 12 nitrogen and oxygen atoms in total. The maximum Gasteiger partial charge on any atom is 1.00 e. The first-order valence-electron chi connectivity index (χ1n) is 6.26. The molecule has 0 radical (unpaired) electrons. The molecule has 14 heteroatoms. The molecule has 0 spiro atoms. The van der Waals surface area contributed by atoms with Crippen LogP contribution in [0.4, 0.5) is 5.82 Å². The molecule has 0 amide bonds. The Hall–Kier alpha value is 0.266. The molecule has 0 bridgehead atoms. The van der Waals surface area contributed by atoms with E-state index in [1.54, 1.807) is 0 Å². The monoisotopic (exact) mass is 395 g/mol. The summed E-state index contributed by atoms with van der Waals surface area (Å²) >= 11 is 0. The Bertz CT molecular complexity index is 622. The van der Waals surface area contributed by atoms with E-state index in [1.807, 2.05) is 0 Å². The fourth-order valence-electron chi connectivity index (χ4n) is 1.90. The second kappa shape index (κ2) is 10.4. The summed E-state index contributed by atoms with van der Waals surface area (Å²) in [5, 5.41) is 28.2. The van der Waals surface area contributed by atoms with Crippen LogP contribution in [0.2, 0.25) is 0 Å². The Morgan fingerprint density at radius 2 is 1.79 bits per heavy atom. The number of nitrogens with zero attached hydrogens (tertiary/aromatic N) is 2. The van der Waals surface area contributed by atoms with Gasteiger partial charge < -0.3 is 41.9 Å². The second-order valence-electron chi connectivity index (χ2n) is 4.68. The van der Waals surface area contributed by atoms with E-state index in [0.29, 0.717) is 0 Å². The van der Waals surface area contributed by atoms with Crippen molar-refractivity contribution in [3.05, 3.63) is 22.7 Å².